The monoisotopic (exact) mass is 432 g/mol. The lowest BCUT2D eigenvalue weighted by atomic mass is 10.0. The van der Waals surface area contributed by atoms with Crippen LogP contribution in [0.3, 0.4) is 0 Å². The van der Waals surface area contributed by atoms with E-state index in [4.69, 9.17) is 4.74 Å². The van der Waals surface area contributed by atoms with Crippen LogP contribution in [0, 0.1) is 0 Å². The molecule has 31 heavy (non-hydrogen) atoms. The maximum absolute atomic E-state index is 11.9. The third-order valence-electron chi connectivity index (χ3n) is 5.29. The minimum Gasteiger partial charge on any atom is -0.412 e. The van der Waals surface area contributed by atoms with Crippen LogP contribution in [-0.2, 0) is 11.2 Å². The SMILES string of the molecule is CCCCC=CC(=O)Oc1ccc(-c2ccc(-c3ccc(CCCCC)cc3)cc2)s1. The van der Waals surface area contributed by atoms with Crippen LogP contribution in [0.5, 0.6) is 5.06 Å². The Morgan fingerprint density at radius 2 is 1.45 bits per heavy atom. The lowest BCUT2D eigenvalue weighted by molar-refractivity contribution is -0.128. The van der Waals surface area contributed by atoms with Gasteiger partial charge in [0.25, 0.3) is 0 Å². The highest BCUT2D eigenvalue weighted by Crippen LogP contribution is 2.34. The summed E-state index contributed by atoms with van der Waals surface area (Å²) in [5, 5.41) is 0.628. The van der Waals surface area contributed by atoms with Gasteiger partial charge in [-0.2, -0.15) is 0 Å². The Hall–Kier alpha value is -2.65. The van der Waals surface area contributed by atoms with Crippen molar-refractivity contribution in [2.75, 3.05) is 0 Å². The number of esters is 1. The van der Waals surface area contributed by atoms with Gasteiger partial charge in [0, 0.05) is 11.0 Å². The van der Waals surface area contributed by atoms with Crippen LogP contribution >= 0.6 is 11.3 Å². The van der Waals surface area contributed by atoms with E-state index in [9.17, 15) is 4.79 Å². The fourth-order valence-corrected chi connectivity index (χ4v) is 4.30. The highest BCUT2D eigenvalue weighted by molar-refractivity contribution is 7.17. The average molecular weight is 433 g/mol. The molecule has 0 amide bonds. The first-order chi connectivity index (χ1) is 15.2. The standard InChI is InChI=1S/C28H32O2S/c1-3-5-7-9-11-27(29)30-28-21-20-26(31-28)25-18-16-24(17-19-25)23-14-12-22(13-15-23)10-8-6-4-2/h9,11-21H,3-8,10H2,1-2H3. The molecule has 3 rings (SSSR count). The van der Waals surface area contributed by atoms with Gasteiger partial charge < -0.3 is 4.74 Å². The van der Waals surface area contributed by atoms with E-state index < -0.39 is 0 Å². The predicted octanol–water partition coefficient (Wildman–Crippen LogP) is 8.47. The molecule has 0 spiro atoms. The zero-order valence-corrected chi connectivity index (χ0v) is 19.4. The number of thiophene rings is 1. The Morgan fingerprint density at radius 3 is 2.13 bits per heavy atom. The predicted molar refractivity (Wildman–Crippen MR) is 133 cm³/mol. The van der Waals surface area contributed by atoms with Crippen molar-refractivity contribution in [1.29, 1.82) is 0 Å². The van der Waals surface area contributed by atoms with E-state index in [1.165, 1.54) is 53.4 Å². The number of carbonyl (C=O) groups is 1. The van der Waals surface area contributed by atoms with Crippen molar-refractivity contribution in [2.24, 2.45) is 0 Å². The van der Waals surface area contributed by atoms with E-state index >= 15 is 0 Å². The summed E-state index contributed by atoms with van der Waals surface area (Å²) in [4.78, 5) is 13.0. The number of hydrogen-bond donors (Lipinski definition) is 0. The van der Waals surface area contributed by atoms with Gasteiger partial charge in [-0.15, -0.1) is 0 Å². The van der Waals surface area contributed by atoms with E-state index in [-0.39, 0.29) is 5.97 Å². The Morgan fingerprint density at radius 1 is 0.806 bits per heavy atom. The molecule has 0 aliphatic rings. The van der Waals surface area contributed by atoms with Crippen LogP contribution in [0.25, 0.3) is 21.6 Å². The van der Waals surface area contributed by atoms with Crippen molar-refractivity contribution in [2.45, 2.75) is 58.8 Å². The molecule has 0 aliphatic carbocycles. The second kappa shape index (κ2) is 12.3. The molecular weight excluding hydrogens is 400 g/mol. The van der Waals surface area contributed by atoms with E-state index in [0.717, 1.165) is 36.1 Å². The van der Waals surface area contributed by atoms with Gasteiger partial charge in [0.05, 0.1) is 0 Å². The molecule has 0 N–H and O–H groups in total. The number of hydrogen-bond acceptors (Lipinski definition) is 3. The fourth-order valence-electron chi connectivity index (χ4n) is 3.43. The molecule has 0 fully saturated rings. The summed E-state index contributed by atoms with van der Waals surface area (Å²) in [6.45, 7) is 4.38. The van der Waals surface area contributed by atoms with Crippen LogP contribution in [0.15, 0.2) is 72.8 Å². The molecule has 0 atom stereocenters. The van der Waals surface area contributed by atoms with Gasteiger partial charge in [-0.1, -0.05) is 105 Å². The van der Waals surface area contributed by atoms with Crippen molar-refractivity contribution in [3.8, 4) is 26.6 Å². The Kier molecular flexibility index (Phi) is 9.11. The second-order valence-corrected chi connectivity index (χ2v) is 8.86. The average Bonchev–Trinajstić information content (AvgIpc) is 3.26. The van der Waals surface area contributed by atoms with Gasteiger partial charge in [-0.05, 0) is 53.6 Å². The lowest BCUT2D eigenvalue weighted by Crippen LogP contribution is -2.01. The quantitative estimate of drug-likeness (QED) is 0.172. The van der Waals surface area contributed by atoms with Gasteiger partial charge in [0.15, 0.2) is 5.06 Å². The largest absolute Gasteiger partial charge is 0.412 e. The third-order valence-corrected chi connectivity index (χ3v) is 6.30. The Balaban J connectivity index is 1.59. The summed E-state index contributed by atoms with van der Waals surface area (Å²) < 4.78 is 5.43. The number of rotatable bonds is 11. The summed E-state index contributed by atoms with van der Waals surface area (Å²) in [5.74, 6) is -0.307. The molecule has 0 radical (unpaired) electrons. The Labute approximate surface area is 190 Å². The highest BCUT2D eigenvalue weighted by Gasteiger charge is 2.07. The van der Waals surface area contributed by atoms with E-state index in [1.54, 1.807) is 0 Å². The molecule has 3 aromatic rings. The van der Waals surface area contributed by atoms with Crippen molar-refractivity contribution in [3.63, 3.8) is 0 Å². The Bertz CT molecular complexity index is 965. The number of unbranched alkanes of at least 4 members (excludes halogenated alkanes) is 4. The molecule has 0 saturated heterocycles. The van der Waals surface area contributed by atoms with Gasteiger partial charge in [-0.25, -0.2) is 4.79 Å². The smallest absolute Gasteiger partial charge is 0.336 e. The normalized spacial score (nSPS) is 11.2. The molecule has 0 unspecified atom stereocenters. The van der Waals surface area contributed by atoms with E-state index in [1.807, 2.05) is 18.2 Å². The molecule has 162 valence electrons. The summed E-state index contributed by atoms with van der Waals surface area (Å²) in [7, 11) is 0. The number of ether oxygens (including phenoxy) is 1. The fraction of sp³-hybridized carbons (Fsp3) is 0.321. The summed E-state index contributed by atoms with van der Waals surface area (Å²) in [6, 6.07) is 21.4. The van der Waals surface area contributed by atoms with Crippen molar-refractivity contribution < 1.29 is 9.53 Å². The minimum absolute atomic E-state index is 0.307. The van der Waals surface area contributed by atoms with Gasteiger partial charge in [0.1, 0.15) is 0 Å². The van der Waals surface area contributed by atoms with Gasteiger partial charge >= 0.3 is 5.97 Å². The summed E-state index contributed by atoms with van der Waals surface area (Å²) >= 11 is 1.49. The summed E-state index contributed by atoms with van der Waals surface area (Å²) in [5.41, 5.74) is 4.99. The van der Waals surface area contributed by atoms with Crippen LogP contribution in [0.2, 0.25) is 0 Å². The third kappa shape index (κ3) is 7.22. The van der Waals surface area contributed by atoms with Gasteiger partial charge in [0.2, 0.25) is 0 Å². The molecule has 1 heterocycles. The number of aryl methyl sites for hydroxylation is 1. The first-order valence-corrected chi connectivity index (χ1v) is 12.2. The number of benzene rings is 2. The van der Waals surface area contributed by atoms with E-state index in [2.05, 4.69) is 62.4 Å². The maximum Gasteiger partial charge on any atom is 0.336 e. The molecule has 0 aliphatic heterocycles. The van der Waals surface area contributed by atoms with Crippen LogP contribution in [0.1, 0.15) is 57.9 Å². The molecule has 3 heteroatoms. The topological polar surface area (TPSA) is 26.3 Å². The van der Waals surface area contributed by atoms with Gasteiger partial charge in [-0.3, -0.25) is 0 Å². The summed E-state index contributed by atoms with van der Waals surface area (Å²) in [6.07, 6.45) is 11.5. The first-order valence-electron chi connectivity index (χ1n) is 11.4. The molecule has 1 aromatic heterocycles. The number of carbonyl (C=O) groups excluding carboxylic acids is 1. The first kappa shape index (κ1) is 23.0. The number of allylic oxidation sites excluding steroid dienone is 1. The maximum atomic E-state index is 11.9. The van der Waals surface area contributed by atoms with Crippen molar-refractivity contribution >= 4 is 17.3 Å². The second-order valence-electron chi connectivity index (χ2n) is 7.82. The zero-order valence-electron chi connectivity index (χ0n) is 18.6. The molecule has 2 aromatic carbocycles. The van der Waals surface area contributed by atoms with E-state index in [0.29, 0.717) is 5.06 Å². The van der Waals surface area contributed by atoms with Crippen LogP contribution in [-0.4, -0.2) is 5.97 Å². The van der Waals surface area contributed by atoms with Crippen molar-refractivity contribution in [3.05, 3.63) is 78.4 Å². The lowest BCUT2D eigenvalue weighted by Gasteiger charge is -2.06. The molecular formula is C28H32O2S. The highest BCUT2D eigenvalue weighted by atomic mass is 32.1. The molecule has 0 saturated carbocycles. The molecule has 2 nitrogen and oxygen atoms in total. The van der Waals surface area contributed by atoms with Crippen LogP contribution in [0.4, 0.5) is 0 Å². The minimum atomic E-state index is -0.307. The zero-order chi connectivity index (χ0) is 21.9. The van der Waals surface area contributed by atoms with Crippen molar-refractivity contribution in [1.82, 2.24) is 0 Å². The molecule has 0 bridgehead atoms. The van der Waals surface area contributed by atoms with Crippen LogP contribution < -0.4 is 4.74 Å².